The third-order valence-corrected chi connectivity index (χ3v) is 4.79. The molecular weight excluding hydrogens is 313 g/mol. The fourth-order valence-corrected chi connectivity index (χ4v) is 3.49. The summed E-state index contributed by atoms with van der Waals surface area (Å²) < 4.78 is 74.9. The molecule has 0 aliphatic rings. The highest BCUT2D eigenvalue weighted by molar-refractivity contribution is 7.54. The van der Waals surface area contributed by atoms with E-state index in [1.54, 1.807) is 0 Å². The second kappa shape index (κ2) is 6.87. The molecule has 0 spiro atoms. The number of benzene rings is 1. The van der Waals surface area contributed by atoms with Crippen molar-refractivity contribution in [2.45, 2.75) is 25.8 Å². The average molecular weight is 329 g/mol. The van der Waals surface area contributed by atoms with Crippen LogP contribution in [0, 0.1) is 5.82 Å². The van der Waals surface area contributed by atoms with E-state index in [0.29, 0.717) is 6.07 Å². The zero-order valence-corrected chi connectivity index (χ0v) is 12.4. The minimum atomic E-state index is -4.84. The third-order valence-electron chi connectivity index (χ3n) is 2.61. The molecule has 4 nitrogen and oxygen atoms in total. The third kappa shape index (κ3) is 4.03. The molecular formula is C12H16F4NO3P. The smallest absolute Gasteiger partial charge is 0.314 e. The van der Waals surface area contributed by atoms with E-state index in [9.17, 15) is 22.1 Å². The molecule has 0 fully saturated rings. The van der Waals surface area contributed by atoms with Gasteiger partial charge in [0.2, 0.25) is 0 Å². The summed E-state index contributed by atoms with van der Waals surface area (Å²) in [6.45, 7) is 2.76. The minimum absolute atomic E-state index is 0.0964. The molecule has 0 aliphatic carbocycles. The SMILES string of the molecule is CCOP(=O)(OCC)[C@@H](N)c1c(F)cccc1C(F)(F)F. The number of hydrogen-bond donors (Lipinski definition) is 1. The maximum absolute atomic E-state index is 13.8. The molecule has 120 valence electrons. The van der Waals surface area contributed by atoms with Gasteiger partial charge in [0.05, 0.1) is 18.8 Å². The second-order valence-electron chi connectivity index (χ2n) is 4.02. The summed E-state index contributed by atoms with van der Waals surface area (Å²) in [4.78, 5) is 0. The second-order valence-corrected chi connectivity index (χ2v) is 6.17. The Morgan fingerprint density at radius 1 is 1.24 bits per heavy atom. The van der Waals surface area contributed by atoms with Gasteiger partial charge in [0, 0.05) is 5.56 Å². The lowest BCUT2D eigenvalue weighted by molar-refractivity contribution is -0.138. The first-order valence-corrected chi connectivity index (χ1v) is 7.78. The molecule has 0 heterocycles. The Hall–Kier alpha value is -0.950. The monoisotopic (exact) mass is 329 g/mol. The normalized spacial score (nSPS) is 14.2. The topological polar surface area (TPSA) is 61.5 Å². The molecule has 2 N–H and O–H groups in total. The van der Waals surface area contributed by atoms with Crippen LogP contribution < -0.4 is 5.73 Å². The van der Waals surface area contributed by atoms with E-state index in [2.05, 4.69) is 0 Å². The van der Waals surface area contributed by atoms with Crippen LogP contribution >= 0.6 is 7.60 Å². The van der Waals surface area contributed by atoms with Gasteiger partial charge in [0.1, 0.15) is 11.6 Å². The van der Waals surface area contributed by atoms with Gasteiger partial charge < -0.3 is 14.8 Å². The zero-order valence-electron chi connectivity index (χ0n) is 11.5. The van der Waals surface area contributed by atoms with Crippen LogP contribution in [0.5, 0.6) is 0 Å². The fraction of sp³-hybridized carbons (Fsp3) is 0.500. The largest absolute Gasteiger partial charge is 0.416 e. The van der Waals surface area contributed by atoms with Gasteiger partial charge in [0.15, 0.2) is 0 Å². The molecule has 1 atom stereocenters. The Morgan fingerprint density at radius 3 is 2.19 bits per heavy atom. The van der Waals surface area contributed by atoms with Gasteiger partial charge in [-0.05, 0) is 26.0 Å². The molecule has 0 saturated heterocycles. The highest BCUT2D eigenvalue weighted by atomic mass is 31.2. The van der Waals surface area contributed by atoms with Crippen LogP contribution in [0.15, 0.2) is 18.2 Å². The Morgan fingerprint density at radius 2 is 1.76 bits per heavy atom. The van der Waals surface area contributed by atoms with Gasteiger partial charge >= 0.3 is 13.8 Å². The van der Waals surface area contributed by atoms with E-state index >= 15 is 0 Å². The predicted molar refractivity (Wildman–Crippen MR) is 69.2 cm³/mol. The van der Waals surface area contributed by atoms with Crippen LogP contribution in [0.25, 0.3) is 0 Å². The van der Waals surface area contributed by atoms with Crippen molar-refractivity contribution in [3.63, 3.8) is 0 Å². The number of halogens is 4. The summed E-state index contributed by atoms with van der Waals surface area (Å²) >= 11 is 0. The molecule has 1 rings (SSSR count). The van der Waals surface area contributed by atoms with Crippen molar-refractivity contribution >= 4 is 7.60 Å². The molecule has 0 amide bonds. The van der Waals surface area contributed by atoms with E-state index in [1.807, 2.05) is 0 Å². The van der Waals surface area contributed by atoms with E-state index in [0.717, 1.165) is 12.1 Å². The van der Waals surface area contributed by atoms with Crippen molar-refractivity contribution in [1.82, 2.24) is 0 Å². The lowest BCUT2D eigenvalue weighted by Crippen LogP contribution is -2.21. The minimum Gasteiger partial charge on any atom is -0.314 e. The predicted octanol–water partition coefficient (Wildman–Crippen LogP) is 4.07. The average Bonchev–Trinajstić information content (AvgIpc) is 2.37. The molecule has 0 bridgehead atoms. The molecule has 9 heteroatoms. The maximum Gasteiger partial charge on any atom is 0.416 e. The number of alkyl halides is 3. The molecule has 0 aromatic heterocycles. The number of nitrogens with two attached hydrogens (primary N) is 1. The van der Waals surface area contributed by atoms with Gasteiger partial charge in [-0.1, -0.05) is 6.07 Å². The maximum atomic E-state index is 13.8. The van der Waals surface area contributed by atoms with Gasteiger partial charge in [0.25, 0.3) is 0 Å². The summed E-state index contributed by atoms with van der Waals surface area (Å²) in [6, 6.07) is 2.38. The summed E-state index contributed by atoms with van der Waals surface area (Å²) in [7, 11) is -4.12. The van der Waals surface area contributed by atoms with Crippen LogP contribution in [0.3, 0.4) is 0 Å². The van der Waals surface area contributed by atoms with Crippen molar-refractivity contribution in [2.24, 2.45) is 5.73 Å². The van der Waals surface area contributed by atoms with E-state index < -0.39 is 36.5 Å². The van der Waals surface area contributed by atoms with Crippen molar-refractivity contribution in [2.75, 3.05) is 13.2 Å². The Kier molecular flexibility index (Phi) is 5.92. The standard InChI is InChI=1S/C12H16F4NO3P/c1-3-19-21(18,20-4-2)11(17)10-8(12(14,15)16)6-5-7-9(10)13/h5-7,11H,3-4,17H2,1-2H3/t11-/m1/s1. The van der Waals surface area contributed by atoms with Gasteiger partial charge in [-0.2, -0.15) is 13.2 Å². The molecule has 21 heavy (non-hydrogen) atoms. The highest BCUT2D eigenvalue weighted by Crippen LogP contribution is 2.59. The molecule has 0 unspecified atom stereocenters. The van der Waals surface area contributed by atoms with Crippen molar-refractivity contribution < 1.29 is 31.2 Å². The zero-order chi connectivity index (χ0) is 16.3. The molecule has 0 aliphatic heterocycles. The van der Waals surface area contributed by atoms with E-state index in [4.69, 9.17) is 14.8 Å². The van der Waals surface area contributed by atoms with Crippen LogP contribution in [0.4, 0.5) is 17.6 Å². The first kappa shape index (κ1) is 18.1. The summed E-state index contributed by atoms with van der Waals surface area (Å²) in [5.41, 5.74) is 3.37. The van der Waals surface area contributed by atoms with Gasteiger partial charge in [-0.3, -0.25) is 4.57 Å². The summed E-state index contributed by atoms with van der Waals surface area (Å²) in [5, 5.41) is 0. The highest BCUT2D eigenvalue weighted by Gasteiger charge is 2.43. The van der Waals surface area contributed by atoms with E-state index in [1.165, 1.54) is 13.8 Å². The Bertz CT molecular complexity index is 526. The first-order chi connectivity index (χ1) is 9.67. The van der Waals surface area contributed by atoms with Crippen LogP contribution in [0.2, 0.25) is 0 Å². The van der Waals surface area contributed by atoms with Crippen molar-refractivity contribution in [3.05, 3.63) is 35.1 Å². The number of rotatable bonds is 6. The van der Waals surface area contributed by atoms with Crippen LogP contribution in [-0.2, 0) is 19.8 Å². The van der Waals surface area contributed by atoms with Gasteiger partial charge in [-0.25, -0.2) is 4.39 Å². The Balaban J connectivity index is 3.41. The Labute approximate surface area is 119 Å². The fourth-order valence-electron chi connectivity index (χ4n) is 1.80. The number of hydrogen-bond acceptors (Lipinski definition) is 4. The molecule has 0 saturated carbocycles. The molecule has 1 aromatic carbocycles. The van der Waals surface area contributed by atoms with Crippen LogP contribution in [-0.4, -0.2) is 13.2 Å². The lowest BCUT2D eigenvalue weighted by Gasteiger charge is -2.25. The summed E-state index contributed by atoms with van der Waals surface area (Å²) in [5.74, 6) is -3.08. The summed E-state index contributed by atoms with van der Waals surface area (Å²) in [6.07, 6.45) is -4.84. The first-order valence-electron chi connectivity index (χ1n) is 6.17. The van der Waals surface area contributed by atoms with E-state index in [-0.39, 0.29) is 13.2 Å². The lowest BCUT2D eigenvalue weighted by atomic mass is 10.1. The van der Waals surface area contributed by atoms with Gasteiger partial charge in [-0.15, -0.1) is 0 Å². The van der Waals surface area contributed by atoms with Crippen molar-refractivity contribution in [1.29, 1.82) is 0 Å². The molecule has 0 radical (unpaired) electrons. The van der Waals surface area contributed by atoms with Crippen LogP contribution in [0.1, 0.15) is 30.8 Å². The molecule has 1 aromatic rings. The quantitative estimate of drug-likeness (QED) is 0.631. The van der Waals surface area contributed by atoms with Crippen molar-refractivity contribution in [3.8, 4) is 0 Å².